The second-order valence-corrected chi connectivity index (χ2v) is 10.8. The van der Waals surface area contributed by atoms with Crippen molar-refractivity contribution < 1.29 is 27.8 Å². The van der Waals surface area contributed by atoms with Crippen molar-refractivity contribution in [3.63, 3.8) is 0 Å². The van der Waals surface area contributed by atoms with Gasteiger partial charge in [0.05, 0.1) is 12.7 Å². The molecule has 1 aromatic carbocycles. The number of aromatic amines is 1. The molecule has 39 heavy (non-hydrogen) atoms. The van der Waals surface area contributed by atoms with Gasteiger partial charge in [0.25, 0.3) is 11.8 Å². The molecule has 2 saturated heterocycles. The minimum atomic E-state index is -0.650. The number of H-pyrrole nitrogens is 1. The summed E-state index contributed by atoms with van der Waals surface area (Å²) in [6, 6.07) is 0. The van der Waals surface area contributed by atoms with Gasteiger partial charge in [0.2, 0.25) is 0 Å². The first kappa shape index (κ1) is 24.2. The molecule has 3 aromatic rings. The molecular formula is C26H27F2N7O4. The third-order valence-electron chi connectivity index (χ3n) is 8.25. The number of piperidine rings is 1. The average Bonchev–Trinajstić information content (AvgIpc) is 3.64. The molecule has 1 aliphatic carbocycles. The molecule has 5 heterocycles. The number of carbonyl (C=O) groups is 2. The number of hydrogen-bond donors (Lipinski definition) is 2. The van der Waals surface area contributed by atoms with Gasteiger partial charge in [-0.15, -0.1) is 0 Å². The van der Waals surface area contributed by atoms with Gasteiger partial charge in [-0.2, -0.15) is 0 Å². The summed E-state index contributed by atoms with van der Waals surface area (Å²) in [4.78, 5) is 43.8. The maximum atomic E-state index is 15.2. The Kier molecular flexibility index (Phi) is 5.48. The fourth-order valence-corrected chi connectivity index (χ4v) is 6.23. The summed E-state index contributed by atoms with van der Waals surface area (Å²) >= 11 is 0. The third-order valence-corrected chi connectivity index (χ3v) is 8.25. The fourth-order valence-electron chi connectivity index (χ4n) is 6.23. The van der Waals surface area contributed by atoms with E-state index in [-0.39, 0.29) is 52.8 Å². The van der Waals surface area contributed by atoms with Crippen LogP contribution in [0.25, 0.3) is 11.0 Å². The number of benzene rings is 1. The summed E-state index contributed by atoms with van der Waals surface area (Å²) < 4.78 is 41.5. The Morgan fingerprint density at radius 2 is 1.90 bits per heavy atom. The molecule has 0 radical (unpaired) electrons. The first-order chi connectivity index (χ1) is 18.8. The lowest BCUT2D eigenvalue weighted by Crippen LogP contribution is -2.48. The van der Waals surface area contributed by atoms with Gasteiger partial charge in [0.1, 0.15) is 22.5 Å². The zero-order valence-electron chi connectivity index (χ0n) is 21.4. The number of halogens is 2. The number of aryl methyl sites for hydroxylation is 1. The molecule has 2 aromatic heterocycles. The lowest BCUT2D eigenvalue weighted by molar-refractivity contribution is -0.118. The highest BCUT2D eigenvalue weighted by atomic mass is 19.1. The highest BCUT2D eigenvalue weighted by Crippen LogP contribution is 2.39. The van der Waals surface area contributed by atoms with Gasteiger partial charge >= 0.3 is 6.09 Å². The number of carbonyl (C=O) groups excluding carboxylic acids is 2. The van der Waals surface area contributed by atoms with Crippen molar-refractivity contribution in [2.75, 3.05) is 43.0 Å². The Morgan fingerprint density at radius 1 is 1.13 bits per heavy atom. The summed E-state index contributed by atoms with van der Waals surface area (Å²) in [6.07, 6.45) is 3.72. The van der Waals surface area contributed by atoms with Crippen molar-refractivity contribution >= 4 is 34.7 Å². The van der Waals surface area contributed by atoms with Crippen molar-refractivity contribution in [3.8, 4) is 5.88 Å². The monoisotopic (exact) mass is 539 g/mol. The number of likely N-dealkylation sites (tertiary alicyclic amines) is 1. The minimum Gasteiger partial charge on any atom is -0.465 e. The number of nitrogens with one attached hydrogen (secondary N) is 2. The first-order valence-electron chi connectivity index (χ1n) is 13.2. The number of anilines is 2. The highest BCUT2D eigenvalue weighted by molar-refractivity contribution is 5.94. The molecule has 0 saturated carbocycles. The number of imidazole rings is 1. The Hall–Kier alpha value is -3.87. The largest absolute Gasteiger partial charge is 0.465 e. The van der Waals surface area contributed by atoms with E-state index in [1.165, 1.54) is 11.1 Å². The van der Waals surface area contributed by atoms with Crippen LogP contribution in [-0.2, 0) is 28.8 Å². The van der Waals surface area contributed by atoms with Gasteiger partial charge in [0.15, 0.2) is 29.9 Å². The lowest BCUT2D eigenvalue weighted by atomic mass is 9.90. The van der Waals surface area contributed by atoms with Gasteiger partial charge in [-0.3, -0.25) is 9.69 Å². The van der Waals surface area contributed by atoms with Crippen LogP contribution in [0.5, 0.6) is 5.88 Å². The molecule has 2 fully saturated rings. The summed E-state index contributed by atoms with van der Waals surface area (Å²) in [5, 5.41) is 2.60. The molecule has 0 bridgehead atoms. The van der Waals surface area contributed by atoms with Crippen molar-refractivity contribution in [1.82, 2.24) is 24.8 Å². The SMILES string of the molecule is CCc1nc2c(F)c3c(c(F)c2[nH]1)CC(CN1CCC2(CC1)CN(c1cnc4c(n1)NC(=O)CO4)C(=O)O2)C3. The van der Waals surface area contributed by atoms with Crippen LogP contribution >= 0.6 is 0 Å². The predicted octanol–water partition coefficient (Wildman–Crippen LogP) is 2.73. The van der Waals surface area contributed by atoms with E-state index in [0.717, 1.165) is 0 Å². The van der Waals surface area contributed by atoms with Crippen LogP contribution in [0.4, 0.5) is 25.2 Å². The lowest BCUT2D eigenvalue weighted by Gasteiger charge is -2.38. The van der Waals surface area contributed by atoms with E-state index in [9.17, 15) is 9.59 Å². The number of nitrogens with zero attached hydrogens (tertiary/aromatic N) is 5. The van der Waals surface area contributed by atoms with E-state index in [0.29, 0.717) is 75.2 Å². The van der Waals surface area contributed by atoms with E-state index in [1.807, 2.05) is 6.92 Å². The molecule has 7 rings (SSSR count). The third kappa shape index (κ3) is 3.98. The summed E-state index contributed by atoms with van der Waals surface area (Å²) in [7, 11) is 0. The number of fused-ring (bicyclic) bond motifs is 3. The van der Waals surface area contributed by atoms with Crippen LogP contribution in [0.3, 0.4) is 0 Å². The van der Waals surface area contributed by atoms with Gasteiger partial charge in [-0.25, -0.2) is 28.5 Å². The number of aromatic nitrogens is 4. The minimum absolute atomic E-state index is 0.0924. The van der Waals surface area contributed by atoms with Crippen LogP contribution in [0, 0.1) is 17.6 Å². The number of amides is 2. The zero-order chi connectivity index (χ0) is 26.9. The molecule has 1 spiro atoms. The Balaban J connectivity index is 1.00. The van der Waals surface area contributed by atoms with E-state index in [1.54, 1.807) is 0 Å². The molecule has 3 aliphatic heterocycles. The maximum absolute atomic E-state index is 15.2. The van der Waals surface area contributed by atoms with Crippen LogP contribution in [0.2, 0.25) is 0 Å². The van der Waals surface area contributed by atoms with Crippen molar-refractivity contribution in [2.24, 2.45) is 5.92 Å². The molecule has 13 heteroatoms. The van der Waals surface area contributed by atoms with Gasteiger partial charge in [0, 0.05) is 38.9 Å². The number of rotatable bonds is 4. The summed E-state index contributed by atoms with van der Waals surface area (Å²) in [5.41, 5.74) is 0.506. The van der Waals surface area contributed by atoms with E-state index >= 15 is 8.78 Å². The van der Waals surface area contributed by atoms with Crippen LogP contribution in [-0.4, -0.2) is 75.2 Å². The molecule has 1 atom stereocenters. The predicted molar refractivity (Wildman–Crippen MR) is 135 cm³/mol. The van der Waals surface area contributed by atoms with Gasteiger partial charge in [-0.1, -0.05) is 6.92 Å². The van der Waals surface area contributed by atoms with E-state index in [2.05, 4.69) is 30.2 Å². The molecule has 11 nitrogen and oxygen atoms in total. The van der Waals surface area contributed by atoms with Crippen LogP contribution in [0.15, 0.2) is 6.20 Å². The average molecular weight is 540 g/mol. The summed E-state index contributed by atoms with van der Waals surface area (Å²) in [6.45, 7) is 4.19. The Labute approximate surface area is 221 Å². The van der Waals surface area contributed by atoms with E-state index in [4.69, 9.17) is 9.47 Å². The van der Waals surface area contributed by atoms with Gasteiger partial charge < -0.3 is 24.7 Å². The standard InChI is InChI=1S/C26H27F2N7O4/c1-2-16-30-21-19(27)14-7-13(8-15(14)20(28)22(21)31-16)10-34-5-3-26(4-6-34)12-35(25(37)39-26)17-9-29-24-23(32-17)33-18(36)11-38-24/h9,13H,2-8,10-12H2,1H3,(H,30,31)(H,32,33,36). The summed E-state index contributed by atoms with van der Waals surface area (Å²) in [5.74, 6) is 0.219. The molecule has 4 aliphatic rings. The smallest absolute Gasteiger partial charge is 0.416 e. The number of ether oxygens (including phenoxy) is 2. The molecule has 2 amide bonds. The Bertz CT molecular complexity index is 1470. The first-order valence-corrected chi connectivity index (χ1v) is 13.2. The van der Waals surface area contributed by atoms with Crippen molar-refractivity contribution in [2.45, 2.75) is 44.6 Å². The normalized spacial score (nSPS) is 20.7. The van der Waals surface area contributed by atoms with Gasteiger partial charge in [-0.05, 0) is 29.9 Å². The number of hydrogen-bond acceptors (Lipinski definition) is 8. The Morgan fingerprint density at radius 3 is 2.67 bits per heavy atom. The topological polar surface area (TPSA) is 126 Å². The molecular weight excluding hydrogens is 512 g/mol. The molecule has 1 unspecified atom stereocenters. The van der Waals surface area contributed by atoms with Crippen LogP contribution in [0.1, 0.15) is 36.7 Å². The zero-order valence-corrected chi connectivity index (χ0v) is 21.4. The highest BCUT2D eigenvalue weighted by Gasteiger charge is 2.48. The van der Waals surface area contributed by atoms with E-state index < -0.39 is 17.5 Å². The van der Waals surface area contributed by atoms with Crippen LogP contribution < -0.4 is 15.0 Å². The maximum Gasteiger partial charge on any atom is 0.416 e. The van der Waals surface area contributed by atoms with Crippen molar-refractivity contribution in [3.05, 3.63) is 34.8 Å². The quantitative estimate of drug-likeness (QED) is 0.519. The second kappa shape index (κ2) is 8.83. The second-order valence-electron chi connectivity index (χ2n) is 10.8. The fraction of sp³-hybridized carbons (Fsp3) is 0.500. The molecule has 204 valence electrons. The van der Waals surface area contributed by atoms with Crippen molar-refractivity contribution in [1.29, 1.82) is 0 Å². The molecule has 2 N–H and O–H groups in total.